The Hall–Kier alpha value is -1.18. The first-order valence-electron chi connectivity index (χ1n) is 5.72. The third-order valence-corrected chi connectivity index (χ3v) is 3.77. The Bertz CT molecular complexity index is 545. The fourth-order valence-electron chi connectivity index (χ4n) is 1.88. The van der Waals surface area contributed by atoms with Crippen LogP contribution in [0, 0.1) is 5.82 Å². The van der Waals surface area contributed by atoms with E-state index >= 15 is 0 Å². The van der Waals surface area contributed by atoms with Crippen molar-refractivity contribution >= 4 is 45.1 Å². The molecule has 8 heteroatoms. The number of carbonyl (C=O) groups is 2. The molecule has 1 aliphatic heterocycles. The lowest BCUT2D eigenvalue weighted by Crippen LogP contribution is -2.30. The van der Waals surface area contributed by atoms with Crippen LogP contribution >= 0.6 is 27.5 Å². The highest BCUT2D eigenvalue weighted by atomic mass is 79.9. The van der Waals surface area contributed by atoms with Crippen LogP contribution in [0.4, 0.5) is 10.1 Å². The minimum atomic E-state index is -1.10. The molecule has 0 radical (unpaired) electrons. The highest BCUT2D eigenvalue weighted by molar-refractivity contribution is 9.10. The van der Waals surface area contributed by atoms with Crippen LogP contribution < -0.4 is 5.32 Å². The van der Waals surface area contributed by atoms with Crippen molar-refractivity contribution in [2.75, 3.05) is 5.32 Å². The van der Waals surface area contributed by atoms with E-state index in [2.05, 4.69) is 21.2 Å². The summed E-state index contributed by atoms with van der Waals surface area (Å²) in [6.45, 7) is 0. The lowest BCUT2D eigenvalue weighted by Gasteiger charge is -2.14. The van der Waals surface area contributed by atoms with Crippen LogP contribution in [-0.2, 0) is 14.3 Å². The second kappa shape index (κ2) is 6.07. The molecular weight excluding hydrogens is 356 g/mol. The van der Waals surface area contributed by atoms with E-state index in [0.29, 0.717) is 10.9 Å². The lowest BCUT2D eigenvalue weighted by atomic mass is 10.2. The number of ether oxygens (including phenoxy) is 1. The standard InChI is InChI=1S/C12H10BrClFNO4/c13-6-3-5(15)4-7(14)10(6)16-11(17)8-1-2-9(20-8)12(18)19/h3-4,8-9H,1-2H2,(H,16,17)(H,18,19)/t8-,9+/m0/s1. The maximum Gasteiger partial charge on any atom is 0.332 e. The number of nitrogens with one attached hydrogen (secondary N) is 1. The molecule has 2 atom stereocenters. The molecule has 0 aromatic heterocycles. The Kier molecular flexibility index (Phi) is 4.62. The van der Waals surface area contributed by atoms with Gasteiger partial charge in [-0.1, -0.05) is 11.6 Å². The largest absolute Gasteiger partial charge is 0.479 e. The van der Waals surface area contributed by atoms with Crippen molar-refractivity contribution in [3.05, 3.63) is 27.4 Å². The zero-order chi connectivity index (χ0) is 14.9. The summed E-state index contributed by atoms with van der Waals surface area (Å²) in [4.78, 5) is 22.7. The summed E-state index contributed by atoms with van der Waals surface area (Å²) < 4.78 is 18.5. The van der Waals surface area contributed by atoms with Gasteiger partial charge in [-0.3, -0.25) is 4.79 Å². The van der Waals surface area contributed by atoms with E-state index in [-0.39, 0.29) is 17.1 Å². The van der Waals surface area contributed by atoms with Crippen LogP contribution in [0.5, 0.6) is 0 Å². The molecule has 0 unspecified atom stereocenters. The summed E-state index contributed by atoms with van der Waals surface area (Å²) in [7, 11) is 0. The molecule has 1 aromatic carbocycles. The summed E-state index contributed by atoms with van der Waals surface area (Å²) in [6, 6.07) is 2.23. The Balaban J connectivity index is 2.08. The van der Waals surface area contributed by atoms with Crippen molar-refractivity contribution in [1.82, 2.24) is 0 Å². The smallest absolute Gasteiger partial charge is 0.332 e. The van der Waals surface area contributed by atoms with E-state index in [1.165, 1.54) is 0 Å². The Labute approximate surface area is 127 Å². The van der Waals surface area contributed by atoms with Gasteiger partial charge in [0.1, 0.15) is 11.9 Å². The van der Waals surface area contributed by atoms with Gasteiger partial charge in [0, 0.05) is 4.47 Å². The zero-order valence-electron chi connectivity index (χ0n) is 10.0. The number of benzene rings is 1. The molecule has 1 aromatic rings. The van der Waals surface area contributed by atoms with Crippen molar-refractivity contribution in [1.29, 1.82) is 0 Å². The molecule has 108 valence electrons. The van der Waals surface area contributed by atoms with E-state index in [1.54, 1.807) is 0 Å². The van der Waals surface area contributed by atoms with Gasteiger partial charge in [-0.25, -0.2) is 9.18 Å². The second-order valence-corrected chi connectivity index (χ2v) is 5.52. The first kappa shape index (κ1) is 15.2. The van der Waals surface area contributed by atoms with Crippen LogP contribution in [0.3, 0.4) is 0 Å². The Morgan fingerprint density at radius 2 is 2.05 bits per heavy atom. The summed E-state index contributed by atoms with van der Waals surface area (Å²) in [5.74, 6) is -2.15. The monoisotopic (exact) mass is 365 g/mol. The number of anilines is 1. The molecule has 1 saturated heterocycles. The van der Waals surface area contributed by atoms with Crippen LogP contribution in [0.25, 0.3) is 0 Å². The van der Waals surface area contributed by atoms with Gasteiger partial charge in [0.2, 0.25) is 0 Å². The van der Waals surface area contributed by atoms with Gasteiger partial charge in [-0.15, -0.1) is 0 Å². The maximum absolute atomic E-state index is 13.1. The van der Waals surface area contributed by atoms with Crippen molar-refractivity contribution in [2.24, 2.45) is 0 Å². The fraction of sp³-hybridized carbons (Fsp3) is 0.333. The fourth-order valence-corrected chi connectivity index (χ4v) is 2.78. The molecule has 5 nitrogen and oxygen atoms in total. The molecule has 1 amide bonds. The van der Waals surface area contributed by atoms with Gasteiger partial charge in [0.15, 0.2) is 6.10 Å². The average molecular weight is 367 g/mol. The number of aliphatic carboxylic acids is 1. The van der Waals surface area contributed by atoms with Crippen LogP contribution in [0.1, 0.15) is 12.8 Å². The van der Waals surface area contributed by atoms with Crippen LogP contribution in [0.15, 0.2) is 16.6 Å². The normalized spacial score (nSPS) is 21.8. The first-order valence-corrected chi connectivity index (χ1v) is 6.89. The molecule has 0 saturated carbocycles. The molecule has 1 aliphatic rings. The minimum absolute atomic E-state index is 0.0398. The van der Waals surface area contributed by atoms with Gasteiger partial charge in [0.25, 0.3) is 5.91 Å². The summed E-state index contributed by atoms with van der Waals surface area (Å²) in [5, 5.41) is 11.3. The van der Waals surface area contributed by atoms with Crippen LogP contribution in [-0.4, -0.2) is 29.2 Å². The third kappa shape index (κ3) is 3.28. The molecule has 1 fully saturated rings. The van der Waals surface area contributed by atoms with Gasteiger partial charge in [-0.05, 0) is 40.9 Å². The predicted molar refractivity (Wildman–Crippen MR) is 73.3 cm³/mol. The summed E-state index contributed by atoms with van der Waals surface area (Å²) in [5.41, 5.74) is 0.223. The number of rotatable bonds is 3. The van der Waals surface area contributed by atoms with Gasteiger partial charge >= 0.3 is 5.97 Å². The van der Waals surface area contributed by atoms with Gasteiger partial charge < -0.3 is 15.2 Å². The van der Waals surface area contributed by atoms with Gasteiger partial charge in [-0.2, -0.15) is 0 Å². The average Bonchev–Trinajstić information content (AvgIpc) is 2.83. The highest BCUT2D eigenvalue weighted by Crippen LogP contribution is 2.32. The first-order chi connectivity index (χ1) is 9.38. The third-order valence-electron chi connectivity index (χ3n) is 2.84. The summed E-state index contributed by atoms with van der Waals surface area (Å²) in [6.07, 6.45) is -1.26. The molecule has 0 spiro atoms. The highest BCUT2D eigenvalue weighted by Gasteiger charge is 2.35. The van der Waals surface area contributed by atoms with E-state index in [9.17, 15) is 14.0 Å². The van der Waals surface area contributed by atoms with E-state index in [0.717, 1.165) is 12.1 Å². The number of carbonyl (C=O) groups excluding carboxylic acids is 1. The number of carboxylic acids is 1. The summed E-state index contributed by atoms with van der Waals surface area (Å²) >= 11 is 8.94. The van der Waals surface area contributed by atoms with Crippen molar-refractivity contribution in [2.45, 2.75) is 25.0 Å². The van der Waals surface area contributed by atoms with E-state index < -0.39 is 29.9 Å². The Morgan fingerprint density at radius 3 is 2.60 bits per heavy atom. The number of amides is 1. The SMILES string of the molecule is O=C(Nc1c(Cl)cc(F)cc1Br)[C@@H]1CC[C@H](C(=O)O)O1. The van der Waals surface area contributed by atoms with Crippen molar-refractivity contribution < 1.29 is 23.8 Å². The number of halogens is 3. The second-order valence-electron chi connectivity index (χ2n) is 4.26. The zero-order valence-corrected chi connectivity index (χ0v) is 12.4. The van der Waals surface area contributed by atoms with Crippen molar-refractivity contribution in [3.63, 3.8) is 0 Å². The molecule has 2 N–H and O–H groups in total. The Morgan fingerprint density at radius 1 is 1.40 bits per heavy atom. The van der Waals surface area contributed by atoms with E-state index in [1.807, 2.05) is 0 Å². The lowest BCUT2D eigenvalue weighted by molar-refractivity contribution is -0.150. The number of carboxylic acid groups (broad SMARTS) is 1. The molecule has 0 aliphatic carbocycles. The molecular formula is C12H10BrClFNO4. The number of hydrogen-bond donors (Lipinski definition) is 2. The molecule has 1 heterocycles. The maximum atomic E-state index is 13.1. The molecule has 0 bridgehead atoms. The minimum Gasteiger partial charge on any atom is -0.479 e. The molecule has 20 heavy (non-hydrogen) atoms. The molecule has 2 rings (SSSR count). The van der Waals surface area contributed by atoms with E-state index in [4.69, 9.17) is 21.4 Å². The van der Waals surface area contributed by atoms with Crippen molar-refractivity contribution in [3.8, 4) is 0 Å². The van der Waals surface area contributed by atoms with Gasteiger partial charge in [0.05, 0.1) is 10.7 Å². The van der Waals surface area contributed by atoms with Crippen LogP contribution in [0.2, 0.25) is 5.02 Å². The number of hydrogen-bond acceptors (Lipinski definition) is 3. The topological polar surface area (TPSA) is 75.6 Å². The quantitative estimate of drug-likeness (QED) is 0.862. The predicted octanol–water partition coefficient (Wildman–Crippen LogP) is 2.81.